The number of aryl methyl sites for hydroxylation is 1. The smallest absolute Gasteiger partial charge is 0.323 e. The Bertz CT molecular complexity index is 506. The molecule has 1 amide bonds. The molecule has 0 spiro atoms. The highest BCUT2D eigenvalue weighted by atomic mass is 16.4. The third-order valence-electron chi connectivity index (χ3n) is 2.62. The van der Waals surface area contributed by atoms with E-state index in [0.29, 0.717) is 12.1 Å². The number of carboxylic acid groups (broad SMARTS) is 1. The lowest BCUT2D eigenvalue weighted by molar-refractivity contribution is -0.144. The standard InChI is InChI=1S/C14H16N2O3/c1-2-9-16(10-14(18)19)13(17)8-7-11-5-3-4-6-12(11)15/h1,3-6H,7-10,15H2,(H,18,19). The van der Waals surface area contributed by atoms with Crippen LogP contribution in [-0.2, 0) is 16.0 Å². The van der Waals surface area contributed by atoms with Gasteiger partial charge in [0.05, 0.1) is 6.54 Å². The number of rotatable bonds is 6. The summed E-state index contributed by atoms with van der Waals surface area (Å²) in [5.74, 6) is 0.912. The number of nitrogen functional groups attached to an aromatic ring is 1. The summed E-state index contributed by atoms with van der Waals surface area (Å²) in [6.07, 6.45) is 5.77. The molecular weight excluding hydrogens is 244 g/mol. The fraction of sp³-hybridized carbons (Fsp3) is 0.286. The maximum atomic E-state index is 11.9. The molecule has 0 radical (unpaired) electrons. The topological polar surface area (TPSA) is 83.6 Å². The number of terminal acetylenes is 1. The van der Waals surface area contributed by atoms with Crippen LogP contribution < -0.4 is 5.73 Å². The monoisotopic (exact) mass is 260 g/mol. The number of carbonyl (C=O) groups is 2. The molecule has 0 fully saturated rings. The molecule has 0 atom stereocenters. The van der Waals surface area contributed by atoms with Crippen LogP contribution in [0.1, 0.15) is 12.0 Å². The third kappa shape index (κ3) is 4.72. The molecule has 0 heterocycles. The van der Waals surface area contributed by atoms with Crippen LogP contribution >= 0.6 is 0 Å². The van der Waals surface area contributed by atoms with Crippen LogP contribution in [0.3, 0.4) is 0 Å². The largest absolute Gasteiger partial charge is 0.480 e. The Hall–Kier alpha value is -2.48. The number of anilines is 1. The second kappa shape index (κ2) is 7.07. The summed E-state index contributed by atoms with van der Waals surface area (Å²) in [6.45, 7) is -0.386. The molecule has 19 heavy (non-hydrogen) atoms. The Morgan fingerprint density at radius 2 is 2.05 bits per heavy atom. The first-order chi connectivity index (χ1) is 9.04. The van der Waals surface area contributed by atoms with Crippen LogP contribution in [0.2, 0.25) is 0 Å². The van der Waals surface area contributed by atoms with E-state index in [1.807, 2.05) is 18.2 Å². The van der Waals surface area contributed by atoms with Crippen molar-refractivity contribution in [2.75, 3.05) is 18.8 Å². The first-order valence-electron chi connectivity index (χ1n) is 5.81. The Morgan fingerprint density at radius 1 is 1.37 bits per heavy atom. The van der Waals surface area contributed by atoms with Crippen LogP contribution in [0.25, 0.3) is 0 Å². The number of nitrogens with two attached hydrogens (primary N) is 1. The molecule has 1 rings (SSSR count). The van der Waals surface area contributed by atoms with Crippen LogP contribution in [-0.4, -0.2) is 35.0 Å². The predicted octanol–water partition coefficient (Wildman–Crippen LogP) is 0.748. The highest BCUT2D eigenvalue weighted by Gasteiger charge is 2.15. The number of carbonyl (C=O) groups excluding carboxylic acids is 1. The Labute approximate surface area is 112 Å². The number of aliphatic carboxylic acids is 1. The van der Waals surface area contributed by atoms with E-state index < -0.39 is 5.97 Å². The van der Waals surface area contributed by atoms with Crippen molar-refractivity contribution in [2.45, 2.75) is 12.8 Å². The van der Waals surface area contributed by atoms with Gasteiger partial charge < -0.3 is 15.7 Å². The van der Waals surface area contributed by atoms with E-state index >= 15 is 0 Å². The minimum atomic E-state index is -1.08. The molecule has 0 aliphatic rings. The Kier molecular flexibility index (Phi) is 5.42. The predicted molar refractivity (Wildman–Crippen MR) is 72.2 cm³/mol. The van der Waals surface area contributed by atoms with Gasteiger partial charge in [0.15, 0.2) is 0 Å². The second-order valence-electron chi connectivity index (χ2n) is 4.05. The van der Waals surface area contributed by atoms with E-state index in [0.717, 1.165) is 10.5 Å². The van der Waals surface area contributed by atoms with Gasteiger partial charge in [0.2, 0.25) is 5.91 Å². The van der Waals surface area contributed by atoms with E-state index in [-0.39, 0.29) is 25.4 Å². The van der Waals surface area contributed by atoms with Crippen LogP contribution in [0.5, 0.6) is 0 Å². The number of benzene rings is 1. The van der Waals surface area contributed by atoms with E-state index in [1.54, 1.807) is 6.07 Å². The van der Waals surface area contributed by atoms with Crippen molar-refractivity contribution in [1.82, 2.24) is 4.90 Å². The Balaban J connectivity index is 2.60. The van der Waals surface area contributed by atoms with Crippen molar-refractivity contribution < 1.29 is 14.7 Å². The van der Waals surface area contributed by atoms with E-state index in [9.17, 15) is 9.59 Å². The van der Waals surface area contributed by atoms with Crippen molar-refractivity contribution in [3.63, 3.8) is 0 Å². The van der Waals surface area contributed by atoms with Gasteiger partial charge in [-0.2, -0.15) is 0 Å². The van der Waals surface area contributed by atoms with Crippen molar-refractivity contribution in [3.8, 4) is 12.3 Å². The number of carboxylic acids is 1. The first-order valence-corrected chi connectivity index (χ1v) is 5.81. The van der Waals surface area contributed by atoms with Crippen LogP contribution in [0.15, 0.2) is 24.3 Å². The lowest BCUT2D eigenvalue weighted by Crippen LogP contribution is -2.36. The third-order valence-corrected chi connectivity index (χ3v) is 2.62. The molecule has 0 bridgehead atoms. The highest BCUT2D eigenvalue weighted by Crippen LogP contribution is 2.13. The van der Waals surface area contributed by atoms with Gasteiger partial charge in [-0.25, -0.2) is 0 Å². The van der Waals surface area contributed by atoms with Gasteiger partial charge in [0, 0.05) is 12.1 Å². The quantitative estimate of drug-likeness (QED) is 0.584. The number of para-hydroxylation sites is 1. The van der Waals surface area contributed by atoms with Gasteiger partial charge >= 0.3 is 5.97 Å². The lowest BCUT2D eigenvalue weighted by atomic mass is 10.1. The maximum absolute atomic E-state index is 11.9. The van der Waals surface area contributed by atoms with E-state index in [1.165, 1.54) is 0 Å². The van der Waals surface area contributed by atoms with Crippen LogP contribution in [0, 0.1) is 12.3 Å². The molecule has 5 heteroatoms. The van der Waals surface area contributed by atoms with Gasteiger partial charge in [-0.3, -0.25) is 9.59 Å². The molecule has 0 saturated carbocycles. The van der Waals surface area contributed by atoms with Gasteiger partial charge in [-0.1, -0.05) is 24.1 Å². The summed E-state index contributed by atoms with van der Waals surface area (Å²) in [4.78, 5) is 23.7. The fourth-order valence-electron chi connectivity index (χ4n) is 1.67. The molecule has 0 unspecified atom stereocenters. The molecule has 5 nitrogen and oxygen atoms in total. The first kappa shape index (κ1) is 14.6. The van der Waals surface area contributed by atoms with E-state index in [4.69, 9.17) is 17.3 Å². The SMILES string of the molecule is C#CCN(CC(=O)O)C(=O)CCc1ccccc1N. The van der Waals surface area contributed by atoms with Crippen molar-refractivity contribution >= 4 is 17.6 Å². The van der Waals surface area contributed by atoms with Gasteiger partial charge in [-0.05, 0) is 18.1 Å². The summed E-state index contributed by atoms with van der Waals surface area (Å²) in [5, 5.41) is 8.71. The zero-order chi connectivity index (χ0) is 14.3. The van der Waals surface area contributed by atoms with Crippen molar-refractivity contribution in [1.29, 1.82) is 0 Å². The number of hydrogen-bond donors (Lipinski definition) is 2. The molecule has 100 valence electrons. The summed E-state index contributed by atoms with van der Waals surface area (Å²) in [7, 11) is 0. The van der Waals surface area contributed by atoms with Crippen molar-refractivity contribution in [2.24, 2.45) is 0 Å². The summed E-state index contributed by atoms with van der Waals surface area (Å²) < 4.78 is 0. The molecule has 1 aromatic carbocycles. The number of hydrogen-bond acceptors (Lipinski definition) is 3. The van der Waals surface area contributed by atoms with Crippen molar-refractivity contribution in [3.05, 3.63) is 29.8 Å². The normalized spacial score (nSPS) is 9.63. The molecule has 0 aliphatic carbocycles. The van der Waals surface area contributed by atoms with Gasteiger partial charge in [-0.15, -0.1) is 6.42 Å². The Morgan fingerprint density at radius 3 is 2.63 bits per heavy atom. The fourth-order valence-corrected chi connectivity index (χ4v) is 1.67. The zero-order valence-corrected chi connectivity index (χ0v) is 10.5. The zero-order valence-electron chi connectivity index (χ0n) is 10.5. The summed E-state index contributed by atoms with van der Waals surface area (Å²) in [5.41, 5.74) is 7.26. The average Bonchev–Trinajstić information content (AvgIpc) is 2.36. The molecule has 0 saturated heterocycles. The molecule has 0 aromatic heterocycles. The number of amides is 1. The summed E-state index contributed by atoms with van der Waals surface area (Å²) in [6, 6.07) is 7.25. The second-order valence-corrected chi connectivity index (χ2v) is 4.05. The van der Waals surface area contributed by atoms with Gasteiger partial charge in [0.25, 0.3) is 0 Å². The molecule has 3 N–H and O–H groups in total. The molecule has 0 aliphatic heterocycles. The van der Waals surface area contributed by atoms with E-state index in [2.05, 4.69) is 5.92 Å². The average molecular weight is 260 g/mol. The van der Waals surface area contributed by atoms with Crippen LogP contribution in [0.4, 0.5) is 5.69 Å². The lowest BCUT2D eigenvalue weighted by Gasteiger charge is -2.18. The van der Waals surface area contributed by atoms with Gasteiger partial charge in [0.1, 0.15) is 6.54 Å². The molecule has 1 aromatic rings. The highest BCUT2D eigenvalue weighted by molar-refractivity contribution is 5.81. The summed E-state index contributed by atoms with van der Waals surface area (Å²) >= 11 is 0. The number of nitrogens with zero attached hydrogens (tertiary/aromatic N) is 1. The minimum absolute atomic E-state index is 0.00456. The molecular formula is C14H16N2O3. The minimum Gasteiger partial charge on any atom is -0.480 e. The maximum Gasteiger partial charge on any atom is 0.323 e.